The van der Waals surface area contributed by atoms with Gasteiger partial charge in [0.1, 0.15) is 6.04 Å². The lowest BCUT2D eigenvalue weighted by Gasteiger charge is -2.27. The number of amides is 3. The van der Waals surface area contributed by atoms with E-state index in [1.165, 1.54) is 29.0 Å². The van der Waals surface area contributed by atoms with Crippen LogP contribution in [-0.2, 0) is 27.0 Å². The Hall–Kier alpha value is -3.48. The minimum absolute atomic E-state index is 0.201. The summed E-state index contributed by atoms with van der Waals surface area (Å²) in [4.78, 5) is 41.4. The van der Waals surface area contributed by atoms with E-state index < -0.39 is 41.5 Å². The van der Waals surface area contributed by atoms with Gasteiger partial charge in [0, 0.05) is 38.9 Å². The molecule has 7 N–H and O–H groups in total. The Labute approximate surface area is 220 Å². The molecule has 0 saturated heterocycles. The average molecular weight is 537 g/mol. The number of halogens is 3. The summed E-state index contributed by atoms with van der Waals surface area (Å²) < 4.78 is 38.8. The van der Waals surface area contributed by atoms with Crippen LogP contribution in [0.15, 0.2) is 54.6 Å². The van der Waals surface area contributed by atoms with Crippen LogP contribution in [0.2, 0.25) is 0 Å². The molecular formula is C26H35F3N6O3. The third-order valence-corrected chi connectivity index (χ3v) is 5.97. The number of carbonyl (C=O) groups excluding carboxylic acids is 3. The van der Waals surface area contributed by atoms with Crippen molar-refractivity contribution in [2.24, 2.45) is 17.2 Å². The first-order valence-corrected chi connectivity index (χ1v) is 12.2. The molecule has 38 heavy (non-hydrogen) atoms. The number of benzene rings is 2. The summed E-state index contributed by atoms with van der Waals surface area (Å²) in [5.41, 5.74) is 17.4. The number of hydrogen-bond donors (Lipinski definition) is 4. The second kappa shape index (κ2) is 14.5. The lowest BCUT2D eigenvalue weighted by Crippen LogP contribution is -2.53. The molecule has 208 valence electrons. The number of rotatable bonds is 13. The summed E-state index contributed by atoms with van der Waals surface area (Å²) in [5.74, 6) is -1.64. The highest BCUT2D eigenvalue weighted by Gasteiger charge is 2.31. The largest absolute Gasteiger partial charge is 0.416 e. The van der Waals surface area contributed by atoms with Gasteiger partial charge in [-0.05, 0) is 42.7 Å². The number of likely N-dealkylation sites (N-methyl/N-ethyl adjacent to an activating group) is 1. The molecule has 0 unspecified atom stereocenters. The molecule has 0 saturated carbocycles. The van der Waals surface area contributed by atoms with Gasteiger partial charge in [0.25, 0.3) is 0 Å². The van der Waals surface area contributed by atoms with Crippen molar-refractivity contribution in [1.29, 1.82) is 0 Å². The van der Waals surface area contributed by atoms with Gasteiger partial charge in [0.05, 0.1) is 18.0 Å². The van der Waals surface area contributed by atoms with Gasteiger partial charge >= 0.3 is 6.18 Å². The Balaban J connectivity index is 2.17. The van der Waals surface area contributed by atoms with Crippen LogP contribution in [0.3, 0.4) is 0 Å². The standard InChI is InChI=1S/C26H35F3N6O3/c1-34(20-10-8-19(9-11-20)26(27,28)29)25(38)22(12-7-18-5-3-2-4-6-18)33-24(37)21(32)17-23(36)35(15-13-30)16-14-31/h2-6,8-11,21-22H,7,12-17,30-32H2,1H3,(H,33,37)/t21-,22-/m0/s1. The van der Waals surface area contributed by atoms with E-state index in [0.29, 0.717) is 6.42 Å². The lowest BCUT2D eigenvalue weighted by atomic mass is 10.0. The van der Waals surface area contributed by atoms with Crippen LogP contribution in [0, 0.1) is 0 Å². The van der Waals surface area contributed by atoms with E-state index in [2.05, 4.69) is 5.32 Å². The van der Waals surface area contributed by atoms with E-state index in [-0.39, 0.29) is 44.7 Å². The molecule has 0 spiro atoms. The summed E-state index contributed by atoms with van der Waals surface area (Å²) in [6.07, 6.45) is -4.18. The van der Waals surface area contributed by atoms with Gasteiger partial charge < -0.3 is 32.3 Å². The molecule has 0 aliphatic rings. The molecule has 0 fully saturated rings. The zero-order chi connectivity index (χ0) is 28.3. The highest BCUT2D eigenvalue weighted by Crippen LogP contribution is 2.30. The van der Waals surface area contributed by atoms with Crippen LogP contribution in [0.5, 0.6) is 0 Å². The SMILES string of the molecule is CN(C(=O)[C@H](CCc1ccccc1)NC(=O)[C@@H](N)CC(=O)N(CCN)CCN)c1ccc(C(F)(F)F)cc1. The topological polar surface area (TPSA) is 148 Å². The first-order valence-electron chi connectivity index (χ1n) is 12.2. The molecule has 12 heteroatoms. The minimum atomic E-state index is -4.51. The van der Waals surface area contributed by atoms with Gasteiger partial charge in [-0.15, -0.1) is 0 Å². The van der Waals surface area contributed by atoms with Crippen LogP contribution < -0.4 is 27.4 Å². The zero-order valence-corrected chi connectivity index (χ0v) is 21.3. The van der Waals surface area contributed by atoms with E-state index in [9.17, 15) is 27.6 Å². The van der Waals surface area contributed by atoms with Crippen molar-refractivity contribution in [3.63, 3.8) is 0 Å². The Morgan fingerprint density at radius 1 is 0.947 bits per heavy atom. The molecule has 2 aromatic carbocycles. The summed E-state index contributed by atoms with van der Waals surface area (Å²) in [7, 11) is 1.41. The number of nitrogens with zero attached hydrogens (tertiary/aromatic N) is 2. The maximum atomic E-state index is 13.4. The number of nitrogens with one attached hydrogen (secondary N) is 1. The molecule has 9 nitrogen and oxygen atoms in total. The molecule has 0 aliphatic carbocycles. The molecule has 0 aromatic heterocycles. The number of anilines is 1. The van der Waals surface area contributed by atoms with Crippen molar-refractivity contribution in [2.75, 3.05) is 38.1 Å². The van der Waals surface area contributed by atoms with Crippen LogP contribution >= 0.6 is 0 Å². The predicted molar refractivity (Wildman–Crippen MR) is 139 cm³/mol. The first-order chi connectivity index (χ1) is 18.0. The number of alkyl halides is 3. The van der Waals surface area contributed by atoms with Crippen molar-refractivity contribution in [3.05, 3.63) is 65.7 Å². The molecule has 2 atom stereocenters. The Kier molecular flexibility index (Phi) is 11.7. The highest BCUT2D eigenvalue weighted by molar-refractivity contribution is 5.99. The van der Waals surface area contributed by atoms with E-state index in [1.807, 2.05) is 30.3 Å². The smallest absolute Gasteiger partial charge is 0.343 e. The lowest BCUT2D eigenvalue weighted by molar-refractivity contribution is -0.137. The molecule has 2 rings (SSSR count). The average Bonchev–Trinajstić information content (AvgIpc) is 2.90. The van der Waals surface area contributed by atoms with Gasteiger partial charge in [-0.2, -0.15) is 13.2 Å². The van der Waals surface area contributed by atoms with Gasteiger partial charge in [-0.3, -0.25) is 14.4 Å². The summed E-state index contributed by atoms with van der Waals surface area (Å²) in [6, 6.07) is 11.1. The first kappa shape index (κ1) is 30.7. The Morgan fingerprint density at radius 2 is 1.53 bits per heavy atom. The normalized spacial score (nSPS) is 12.9. The molecule has 0 bridgehead atoms. The third kappa shape index (κ3) is 9.12. The Morgan fingerprint density at radius 3 is 2.05 bits per heavy atom. The van der Waals surface area contributed by atoms with Crippen LogP contribution in [0.1, 0.15) is 24.0 Å². The monoisotopic (exact) mass is 536 g/mol. The van der Waals surface area contributed by atoms with E-state index in [0.717, 1.165) is 17.7 Å². The van der Waals surface area contributed by atoms with Crippen molar-refractivity contribution in [3.8, 4) is 0 Å². The van der Waals surface area contributed by atoms with Crippen LogP contribution in [-0.4, -0.2) is 67.9 Å². The van der Waals surface area contributed by atoms with Crippen molar-refractivity contribution in [1.82, 2.24) is 10.2 Å². The fraction of sp³-hybridized carbons (Fsp3) is 0.423. The quantitative estimate of drug-likeness (QED) is 0.303. The number of carbonyl (C=O) groups is 3. The van der Waals surface area contributed by atoms with Crippen molar-refractivity contribution in [2.45, 2.75) is 37.5 Å². The molecular weight excluding hydrogens is 501 g/mol. The van der Waals surface area contributed by atoms with Gasteiger partial charge in [-0.25, -0.2) is 0 Å². The second-order valence-corrected chi connectivity index (χ2v) is 8.80. The summed E-state index contributed by atoms with van der Waals surface area (Å²) in [6.45, 7) is 0.972. The van der Waals surface area contributed by atoms with Gasteiger partial charge in [0.2, 0.25) is 17.7 Å². The molecule has 2 aromatic rings. The van der Waals surface area contributed by atoms with E-state index in [4.69, 9.17) is 17.2 Å². The summed E-state index contributed by atoms with van der Waals surface area (Å²) >= 11 is 0. The van der Waals surface area contributed by atoms with Gasteiger partial charge in [-0.1, -0.05) is 30.3 Å². The molecule has 3 amide bonds. The zero-order valence-electron chi connectivity index (χ0n) is 21.3. The van der Waals surface area contributed by atoms with Crippen LogP contribution in [0.4, 0.5) is 18.9 Å². The maximum Gasteiger partial charge on any atom is 0.416 e. The third-order valence-electron chi connectivity index (χ3n) is 5.97. The van der Waals surface area contributed by atoms with E-state index >= 15 is 0 Å². The van der Waals surface area contributed by atoms with E-state index in [1.54, 1.807) is 0 Å². The minimum Gasteiger partial charge on any atom is -0.343 e. The number of nitrogens with two attached hydrogens (primary N) is 3. The summed E-state index contributed by atoms with van der Waals surface area (Å²) in [5, 5.41) is 2.63. The second-order valence-electron chi connectivity index (χ2n) is 8.80. The van der Waals surface area contributed by atoms with Crippen LogP contribution in [0.25, 0.3) is 0 Å². The van der Waals surface area contributed by atoms with Crippen molar-refractivity contribution < 1.29 is 27.6 Å². The Bertz CT molecular complexity index is 1040. The molecule has 0 aliphatic heterocycles. The fourth-order valence-electron chi connectivity index (χ4n) is 3.81. The van der Waals surface area contributed by atoms with Crippen molar-refractivity contribution >= 4 is 23.4 Å². The maximum absolute atomic E-state index is 13.4. The number of hydrogen-bond acceptors (Lipinski definition) is 6. The molecule has 0 heterocycles. The highest BCUT2D eigenvalue weighted by atomic mass is 19.4. The molecule has 0 radical (unpaired) electrons. The van der Waals surface area contributed by atoms with Gasteiger partial charge in [0.15, 0.2) is 0 Å². The fourth-order valence-corrected chi connectivity index (χ4v) is 3.81. The predicted octanol–water partition coefficient (Wildman–Crippen LogP) is 1.25. The number of aryl methyl sites for hydroxylation is 1.